The normalized spacial score (nSPS) is 12.4. The Labute approximate surface area is 166 Å². The van der Waals surface area contributed by atoms with Crippen LogP contribution in [0.4, 0.5) is 0 Å². The molecule has 1 atom stereocenters. The molecule has 0 bridgehead atoms. The Morgan fingerprint density at radius 3 is 2.31 bits per heavy atom. The van der Waals surface area contributed by atoms with Crippen molar-refractivity contribution in [2.24, 2.45) is 0 Å². The molecule has 1 unspecified atom stereocenters. The zero-order valence-corrected chi connectivity index (χ0v) is 16.7. The van der Waals surface area contributed by atoms with Crippen LogP contribution in [0.15, 0.2) is 46.9 Å². The van der Waals surface area contributed by atoms with E-state index in [4.69, 9.17) is 26.6 Å². The average molecular weight is 445 g/mol. The highest BCUT2D eigenvalue weighted by atomic mass is 79.9. The molecule has 26 heavy (non-hydrogen) atoms. The number of aliphatic hydroxyl groups is 3. The summed E-state index contributed by atoms with van der Waals surface area (Å²) < 4.78 is 6.73. The van der Waals surface area contributed by atoms with Crippen molar-refractivity contribution in [1.29, 1.82) is 0 Å². The van der Waals surface area contributed by atoms with Gasteiger partial charge in [-0.2, -0.15) is 0 Å². The van der Waals surface area contributed by atoms with E-state index in [0.29, 0.717) is 36.0 Å². The number of ether oxygens (including phenoxy) is 1. The minimum atomic E-state index is -0.814. The summed E-state index contributed by atoms with van der Waals surface area (Å²) in [6.07, 6.45) is -0.814. The number of hydrogen-bond donors (Lipinski definition) is 3. The molecule has 2 aromatic carbocycles. The molecule has 0 aliphatic heterocycles. The van der Waals surface area contributed by atoms with Crippen LogP contribution in [0.1, 0.15) is 17.2 Å². The quantitative estimate of drug-likeness (QED) is 0.525. The van der Waals surface area contributed by atoms with Gasteiger partial charge in [0.05, 0.1) is 19.3 Å². The fourth-order valence-electron chi connectivity index (χ4n) is 2.57. The van der Waals surface area contributed by atoms with E-state index in [2.05, 4.69) is 15.9 Å². The number of nitrogens with zero attached hydrogens (tertiary/aromatic N) is 1. The molecule has 0 saturated carbocycles. The van der Waals surface area contributed by atoms with Crippen LogP contribution in [0.3, 0.4) is 0 Å². The van der Waals surface area contributed by atoms with E-state index in [1.807, 2.05) is 24.3 Å². The number of hydrogen-bond acceptors (Lipinski definition) is 5. The van der Waals surface area contributed by atoms with Crippen LogP contribution in [-0.4, -0.2) is 53.1 Å². The second kappa shape index (κ2) is 10.9. The minimum Gasteiger partial charge on any atom is -0.489 e. The van der Waals surface area contributed by atoms with Gasteiger partial charge in [-0.15, -0.1) is 0 Å². The zero-order chi connectivity index (χ0) is 18.9. The first kappa shape index (κ1) is 21.2. The summed E-state index contributed by atoms with van der Waals surface area (Å²) in [4.78, 5) is 1.80. The molecule has 5 nitrogen and oxygen atoms in total. The third-order valence-electron chi connectivity index (χ3n) is 3.90. The lowest BCUT2D eigenvalue weighted by molar-refractivity contribution is 0.0852. The molecule has 0 heterocycles. The van der Waals surface area contributed by atoms with Crippen LogP contribution in [0.2, 0.25) is 5.02 Å². The fourth-order valence-corrected chi connectivity index (χ4v) is 3.08. The Balaban J connectivity index is 2.11. The van der Waals surface area contributed by atoms with Crippen molar-refractivity contribution in [3.8, 4) is 5.75 Å². The first-order valence-electron chi connectivity index (χ1n) is 8.32. The predicted octanol–water partition coefficient (Wildman–Crippen LogP) is 3.00. The Bertz CT molecular complexity index is 678. The van der Waals surface area contributed by atoms with Gasteiger partial charge in [-0.3, -0.25) is 4.90 Å². The van der Waals surface area contributed by atoms with Crippen LogP contribution in [0.25, 0.3) is 0 Å². The third kappa shape index (κ3) is 6.54. The lowest BCUT2D eigenvalue weighted by Crippen LogP contribution is -2.33. The minimum absolute atomic E-state index is 0.0366. The average Bonchev–Trinajstić information content (AvgIpc) is 2.62. The van der Waals surface area contributed by atoms with E-state index < -0.39 is 6.10 Å². The summed E-state index contributed by atoms with van der Waals surface area (Å²) in [6, 6.07) is 12.9. The first-order chi connectivity index (χ1) is 12.5. The van der Waals surface area contributed by atoms with Gasteiger partial charge < -0.3 is 20.1 Å². The molecule has 3 N–H and O–H groups in total. The summed E-state index contributed by atoms with van der Waals surface area (Å²) in [5.41, 5.74) is 1.62. The van der Waals surface area contributed by atoms with Gasteiger partial charge in [0.25, 0.3) is 0 Å². The first-order valence-corrected chi connectivity index (χ1v) is 9.49. The largest absolute Gasteiger partial charge is 0.489 e. The van der Waals surface area contributed by atoms with Crippen LogP contribution in [0.5, 0.6) is 5.75 Å². The summed E-state index contributed by atoms with van der Waals surface area (Å²) in [5, 5.41) is 29.6. The van der Waals surface area contributed by atoms with Gasteiger partial charge in [0.1, 0.15) is 12.4 Å². The second-order valence-electron chi connectivity index (χ2n) is 5.86. The van der Waals surface area contributed by atoms with Crippen molar-refractivity contribution in [2.75, 3.05) is 32.8 Å². The molecule has 142 valence electrons. The van der Waals surface area contributed by atoms with Crippen molar-refractivity contribution < 1.29 is 20.1 Å². The SMILES string of the molecule is OCCN(CCO)CC(O)c1cc(Br)ccc1OCc1ccc(Cl)cc1. The van der Waals surface area contributed by atoms with E-state index in [0.717, 1.165) is 10.0 Å². The Morgan fingerprint density at radius 2 is 1.69 bits per heavy atom. The summed E-state index contributed by atoms with van der Waals surface area (Å²) >= 11 is 9.31. The monoisotopic (exact) mass is 443 g/mol. The molecular formula is C19H23BrClNO4. The zero-order valence-electron chi connectivity index (χ0n) is 14.3. The van der Waals surface area contributed by atoms with E-state index in [-0.39, 0.29) is 19.8 Å². The maximum atomic E-state index is 10.7. The van der Waals surface area contributed by atoms with Crippen molar-refractivity contribution in [1.82, 2.24) is 4.90 Å². The standard InChI is InChI=1S/C19H23BrClNO4/c20-15-3-6-19(26-13-14-1-4-16(21)5-2-14)17(11-15)18(25)12-22(7-9-23)8-10-24/h1-6,11,18,23-25H,7-10,12-13H2. The number of aliphatic hydroxyl groups excluding tert-OH is 3. The molecule has 2 rings (SSSR count). The van der Waals surface area contributed by atoms with Gasteiger partial charge in [-0.05, 0) is 35.9 Å². The van der Waals surface area contributed by atoms with Gasteiger partial charge in [0, 0.05) is 34.7 Å². The molecule has 0 saturated heterocycles. The molecule has 0 spiro atoms. The van der Waals surface area contributed by atoms with Gasteiger partial charge in [-0.1, -0.05) is 39.7 Å². The van der Waals surface area contributed by atoms with Gasteiger partial charge in [-0.25, -0.2) is 0 Å². The Kier molecular flexibility index (Phi) is 8.84. The highest BCUT2D eigenvalue weighted by molar-refractivity contribution is 9.10. The summed E-state index contributed by atoms with van der Waals surface area (Å²) in [7, 11) is 0. The number of rotatable bonds is 10. The topological polar surface area (TPSA) is 73.2 Å². The summed E-state index contributed by atoms with van der Waals surface area (Å²) in [5.74, 6) is 0.587. The van der Waals surface area contributed by atoms with Gasteiger partial charge in [0.15, 0.2) is 0 Å². The van der Waals surface area contributed by atoms with Crippen LogP contribution in [-0.2, 0) is 6.61 Å². The van der Waals surface area contributed by atoms with Crippen LogP contribution < -0.4 is 4.74 Å². The molecule has 2 aromatic rings. The fraction of sp³-hybridized carbons (Fsp3) is 0.368. The molecule has 0 amide bonds. The molecule has 0 radical (unpaired) electrons. The summed E-state index contributed by atoms with van der Waals surface area (Å²) in [6.45, 7) is 1.33. The van der Waals surface area contributed by atoms with E-state index in [9.17, 15) is 5.11 Å². The molecule has 7 heteroatoms. The molecule has 0 aromatic heterocycles. The van der Waals surface area contributed by atoms with Crippen LogP contribution in [0, 0.1) is 0 Å². The highest BCUT2D eigenvalue weighted by Gasteiger charge is 2.18. The molecule has 0 aliphatic rings. The number of halogens is 2. The lowest BCUT2D eigenvalue weighted by Gasteiger charge is -2.25. The predicted molar refractivity (Wildman–Crippen MR) is 105 cm³/mol. The maximum absolute atomic E-state index is 10.7. The molecule has 0 aliphatic carbocycles. The van der Waals surface area contributed by atoms with E-state index in [1.54, 1.807) is 23.1 Å². The lowest BCUT2D eigenvalue weighted by atomic mass is 10.1. The molecule has 0 fully saturated rings. The number of benzene rings is 2. The van der Waals surface area contributed by atoms with Gasteiger partial charge in [0.2, 0.25) is 0 Å². The van der Waals surface area contributed by atoms with Crippen molar-refractivity contribution >= 4 is 27.5 Å². The van der Waals surface area contributed by atoms with Gasteiger partial charge >= 0.3 is 0 Å². The Hall–Kier alpha value is -1.15. The van der Waals surface area contributed by atoms with Crippen molar-refractivity contribution in [3.63, 3.8) is 0 Å². The second-order valence-corrected chi connectivity index (χ2v) is 7.21. The van der Waals surface area contributed by atoms with E-state index >= 15 is 0 Å². The smallest absolute Gasteiger partial charge is 0.125 e. The van der Waals surface area contributed by atoms with E-state index in [1.165, 1.54) is 0 Å². The molecular weight excluding hydrogens is 422 g/mol. The maximum Gasteiger partial charge on any atom is 0.125 e. The van der Waals surface area contributed by atoms with Crippen molar-refractivity contribution in [3.05, 3.63) is 63.1 Å². The van der Waals surface area contributed by atoms with Crippen molar-refractivity contribution in [2.45, 2.75) is 12.7 Å². The third-order valence-corrected chi connectivity index (χ3v) is 4.65. The van der Waals surface area contributed by atoms with Crippen LogP contribution >= 0.6 is 27.5 Å². The highest BCUT2D eigenvalue weighted by Crippen LogP contribution is 2.30. The Morgan fingerprint density at radius 1 is 1.04 bits per heavy atom.